The number of fused-ring (bicyclic) bond motifs is 1. The summed E-state index contributed by atoms with van der Waals surface area (Å²) in [6.07, 6.45) is -0.424. The number of aliphatic hydroxyl groups excluding tert-OH is 2. The Balaban J connectivity index is 2.17. The molecule has 0 saturated carbocycles. The molecule has 0 radical (unpaired) electrons. The van der Waals surface area contributed by atoms with E-state index in [0.29, 0.717) is 0 Å². The summed E-state index contributed by atoms with van der Waals surface area (Å²) in [5.74, 6) is 0.271. The van der Waals surface area contributed by atoms with Crippen molar-refractivity contribution < 1.29 is 14.9 Å². The molecule has 0 spiro atoms. The van der Waals surface area contributed by atoms with Crippen molar-refractivity contribution >= 4 is 15.1 Å². The van der Waals surface area contributed by atoms with E-state index in [-0.39, 0.29) is 18.4 Å². The van der Waals surface area contributed by atoms with Gasteiger partial charge < -0.3 is 14.9 Å². The van der Waals surface area contributed by atoms with Gasteiger partial charge in [0.2, 0.25) is 0 Å². The summed E-state index contributed by atoms with van der Waals surface area (Å²) in [6, 6.07) is 0.127. The van der Waals surface area contributed by atoms with E-state index in [1.807, 2.05) is 7.85 Å². The highest BCUT2D eigenvalue weighted by Gasteiger charge is 2.64. The van der Waals surface area contributed by atoms with Crippen LogP contribution in [-0.2, 0) is 4.74 Å². The predicted octanol–water partition coefficient (Wildman–Crippen LogP) is -2.74. The van der Waals surface area contributed by atoms with Crippen molar-refractivity contribution in [1.82, 2.24) is 0 Å². The SMILES string of the molecule is BC1OC2(CO)BC1C2O. The Morgan fingerprint density at radius 1 is 1.70 bits per heavy atom. The largest absolute Gasteiger partial charge is 0.394 e. The van der Waals surface area contributed by atoms with Gasteiger partial charge in [0, 0.05) is 6.00 Å². The molecule has 5 heteroatoms. The fourth-order valence-corrected chi connectivity index (χ4v) is 2.05. The molecule has 4 atom stereocenters. The number of rotatable bonds is 1. The van der Waals surface area contributed by atoms with Crippen LogP contribution in [0, 0.1) is 0 Å². The lowest BCUT2D eigenvalue weighted by Crippen LogP contribution is -2.59. The van der Waals surface area contributed by atoms with Gasteiger partial charge in [-0.1, -0.05) is 0 Å². The minimum absolute atomic E-state index is 0.0466. The second kappa shape index (κ2) is 1.78. The molecule has 3 saturated heterocycles. The first-order valence-corrected chi connectivity index (χ1v) is 3.66. The molecule has 0 aliphatic carbocycles. The monoisotopic (exact) mass is 140 g/mol. The van der Waals surface area contributed by atoms with E-state index in [9.17, 15) is 5.11 Å². The van der Waals surface area contributed by atoms with E-state index in [1.54, 1.807) is 0 Å². The van der Waals surface area contributed by atoms with Crippen LogP contribution < -0.4 is 0 Å². The maximum Gasteiger partial charge on any atom is 0.176 e. The number of aliphatic hydroxyl groups is 2. The molecule has 0 aromatic carbocycles. The molecule has 0 aromatic heterocycles. The summed E-state index contributed by atoms with van der Waals surface area (Å²) in [5.41, 5.74) is -0.579. The molecule has 3 aliphatic heterocycles. The highest BCUT2D eigenvalue weighted by Crippen LogP contribution is 2.48. The summed E-state index contributed by atoms with van der Waals surface area (Å²) >= 11 is 0. The number of hydrogen-bond donors (Lipinski definition) is 2. The minimum atomic E-state index is -0.579. The molecule has 3 aliphatic rings. The maximum absolute atomic E-state index is 9.38. The second-order valence-corrected chi connectivity index (χ2v) is 3.36. The maximum atomic E-state index is 9.38. The summed E-state index contributed by atoms with van der Waals surface area (Å²) in [4.78, 5) is 0. The van der Waals surface area contributed by atoms with Gasteiger partial charge in [-0.15, -0.1) is 0 Å². The minimum Gasteiger partial charge on any atom is -0.394 e. The van der Waals surface area contributed by atoms with Crippen LogP contribution in [-0.4, -0.2) is 49.6 Å². The van der Waals surface area contributed by atoms with Crippen LogP contribution in [0.4, 0.5) is 0 Å². The molecule has 3 heterocycles. The van der Waals surface area contributed by atoms with Crippen LogP contribution in [0.5, 0.6) is 0 Å². The van der Waals surface area contributed by atoms with Gasteiger partial charge in [-0.3, -0.25) is 0 Å². The molecule has 4 unspecified atom stereocenters. The van der Waals surface area contributed by atoms with E-state index in [4.69, 9.17) is 9.84 Å². The summed E-state index contributed by atoms with van der Waals surface area (Å²) in [7, 11) is 2.77. The van der Waals surface area contributed by atoms with Crippen LogP contribution in [0.15, 0.2) is 0 Å². The average Bonchev–Trinajstić information content (AvgIpc) is 2.37. The molecule has 3 nitrogen and oxygen atoms in total. The molecular weight excluding hydrogens is 130 g/mol. The fraction of sp³-hybridized carbons (Fsp3) is 1.00. The van der Waals surface area contributed by atoms with Crippen LogP contribution in [0.1, 0.15) is 0 Å². The molecule has 0 amide bonds. The normalized spacial score (nSPS) is 57.6. The van der Waals surface area contributed by atoms with Crippen molar-refractivity contribution in [3.8, 4) is 0 Å². The topological polar surface area (TPSA) is 49.7 Å². The Hall–Kier alpha value is 0.00987. The Bertz CT molecular complexity index is 165. The average molecular weight is 140 g/mol. The fourth-order valence-electron chi connectivity index (χ4n) is 2.05. The standard InChI is InChI=1S/C5H10B2O3/c6-4-2-3(9)5(1-8,7-2)10-4/h2-4,7-9H,1,6H2. The lowest BCUT2D eigenvalue weighted by molar-refractivity contribution is -0.0470. The lowest BCUT2D eigenvalue weighted by atomic mass is 9.36. The zero-order valence-electron chi connectivity index (χ0n) is 5.95. The summed E-state index contributed by atoms with van der Waals surface area (Å²) in [5, 5.41) is 18.2. The van der Waals surface area contributed by atoms with Gasteiger partial charge >= 0.3 is 0 Å². The van der Waals surface area contributed by atoms with Crippen molar-refractivity contribution in [2.75, 3.05) is 6.61 Å². The van der Waals surface area contributed by atoms with Gasteiger partial charge in [0.25, 0.3) is 0 Å². The molecule has 3 rings (SSSR count). The van der Waals surface area contributed by atoms with Gasteiger partial charge in [-0.05, 0) is 5.82 Å². The van der Waals surface area contributed by atoms with Gasteiger partial charge in [0.15, 0.2) is 7.28 Å². The van der Waals surface area contributed by atoms with Gasteiger partial charge in [-0.25, -0.2) is 0 Å². The number of ether oxygens (including phenoxy) is 1. The van der Waals surface area contributed by atoms with E-state index in [2.05, 4.69) is 0 Å². The Morgan fingerprint density at radius 3 is 2.60 bits per heavy atom. The zero-order chi connectivity index (χ0) is 7.35. The van der Waals surface area contributed by atoms with E-state index in [0.717, 1.165) is 7.28 Å². The van der Waals surface area contributed by atoms with E-state index >= 15 is 0 Å². The first kappa shape index (κ1) is 6.70. The third kappa shape index (κ3) is 0.540. The van der Waals surface area contributed by atoms with Crippen molar-refractivity contribution in [1.29, 1.82) is 0 Å². The Morgan fingerprint density at radius 2 is 2.40 bits per heavy atom. The van der Waals surface area contributed by atoms with E-state index < -0.39 is 11.6 Å². The van der Waals surface area contributed by atoms with Crippen LogP contribution in [0.2, 0.25) is 5.82 Å². The van der Waals surface area contributed by atoms with Crippen LogP contribution in [0.25, 0.3) is 0 Å². The second-order valence-electron chi connectivity index (χ2n) is 3.36. The third-order valence-electron chi connectivity index (χ3n) is 2.82. The molecule has 10 heavy (non-hydrogen) atoms. The smallest absolute Gasteiger partial charge is 0.176 e. The van der Waals surface area contributed by atoms with E-state index in [1.165, 1.54) is 0 Å². The molecule has 2 bridgehead atoms. The van der Waals surface area contributed by atoms with Gasteiger partial charge in [0.05, 0.1) is 18.2 Å². The van der Waals surface area contributed by atoms with Crippen LogP contribution >= 0.6 is 0 Å². The van der Waals surface area contributed by atoms with Crippen molar-refractivity contribution in [3.05, 3.63) is 0 Å². The zero-order valence-corrected chi connectivity index (χ0v) is 5.95. The molecular formula is C5H10B2O3. The number of hydrogen-bond acceptors (Lipinski definition) is 3. The Labute approximate surface area is 61.0 Å². The molecule has 0 aromatic rings. The van der Waals surface area contributed by atoms with Crippen molar-refractivity contribution in [2.45, 2.75) is 23.4 Å². The highest BCUT2D eigenvalue weighted by atomic mass is 16.5. The predicted molar refractivity (Wildman–Crippen MR) is 40.1 cm³/mol. The first-order chi connectivity index (χ1) is 4.69. The van der Waals surface area contributed by atoms with Gasteiger partial charge in [-0.2, -0.15) is 0 Å². The summed E-state index contributed by atoms with van der Waals surface area (Å²) in [6.45, 7) is -0.0466. The molecule has 54 valence electrons. The van der Waals surface area contributed by atoms with Gasteiger partial charge in [0.1, 0.15) is 7.85 Å². The highest BCUT2D eigenvalue weighted by molar-refractivity contribution is 6.50. The third-order valence-corrected chi connectivity index (χ3v) is 2.82. The quantitative estimate of drug-likeness (QED) is 0.388. The molecule has 2 N–H and O–H groups in total. The van der Waals surface area contributed by atoms with Crippen molar-refractivity contribution in [3.63, 3.8) is 0 Å². The molecule has 3 fully saturated rings. The lowest BCUT2D eigenvalue weighted by Gasteiger charge is -2.39. The summed E-state index contributed by atoms with van der Waals surface area (Å²) < 4.78 is 5.38. The van der Waals surface area contributed by atoms with Crippen molar-refractivity contribution in [2.24, 2.45) is 0 Å². The first-order valence-electron chi connectivity index (χ1n) is 3.66. The van der Waals surface area contributed by atoms with Crippen LogP contribution in [0.3, 0.4) is 0 Å². The Kier molecular flexibility index (Phi) is 1.19.